The summed E-state index contributed by atoms with van der Waals surface area (Å²) in [4.78, 5) is 12.4. The van der Waals surface area contributed by atoms with Crippen LogP contribution in [0.3, 0.4) is 0 Å². The first kappa shape index (κ1) is 23.1. The Labute approximate surface area is 190 Å². The Morgan fingerprint density at radius 1 is 0.968 bits per heavy atom. The van der Waals surface area contributed by atoms with E-state index in [1.54, 1.807) is 0 Å². The van der Waals surface area contributed by atoms with Crippen LogP contribution in [-0.2, 0) is 11.3 Å². The van der Waals surface area contributed by atoms with Gasteiger partial charge in [0.05, 0.1) is 0 Å². The highest BCUT2D eigenvalue weighted by Gasteiger charge is 2.16. The van der Waals surface area contributed by atoms with Crippen LogP contribution in [0.4, 0.5) is 5.69 Å². The number of amides is 1. The largest absolute Gasteiger partial charge is 0.483 e. The van der Waals surface area contributed by atoms with Gasteiger partial charge in [-0.05, 0) is 48.7 Å². The summed E-state index contributed by atoms with van der Waals surface area (Å²) in [7, 11) is 0. The SMILES string of the molecule is Cc1ccc(NC(=O)COc2ccc3ccccc3c2CNC2CCCCC2)cc1.Cl. The Bertz CT molecular complexity index is 998. The average Bonchev–Trinajstić information content (AvgIpc) is 2.78. The Balaban J connectivity index is 0.00000272. The molecule has 2 N–H and O–H groups in total. The molecule has 0 spiro atoms. The molecule has 5 heteroatoms. The number of aryl methyl sites for hydroxylation is 1. The first-order valence-corrected chi connectivity index (χ1v) is 10.9. The summed E-state index contributed by atoms with van der Waals surface area (Å²) in [5.41, 5.74) is 3.07. The molecule has 0 radical (unpaired) electrons. The van der Waals surface area contributed by atoms with Gasteiger partial charge in [-0.15, -0.1) is 12.4 Å². The number of hydrogen-bond acceptors (Lipinski definition) is 3. The van der Waals surface area contributed by atoms with Gasteiger partial charge in [-0.25, -0.2) is 0 Å². The number of rotatable bonds is 7. The third kappa shape index (κ3) is 6.22. The molecule has 1 aliphatic carbocycles. The number of ether oxygens (including phenoxy) is 1. The number of carbonyl (C=O) groups is 1. The predicted molar refractivity (Wildman–Crippen MR) is 130 cm³/mol. The molecular formula is C26H31ClN2O2. The second-order valence-corrected chi connectivity index (χ2v) is 8.18. The van der Waals surface area contributed by atoms with Crippen molar-refractivity contribution in [2.75, 3.05) is 11.9 Å². The summed E-state index contributed by atoms with van der Waals surface area (Å²) in [5.74, 6) is 0.620. The number of hydrogen-bond donors (Lipinski definition) is 2. The summed E-state index contributed by atoms with van der Waals surface area (Å²) >= 11 is 0. The summed E-state index contributed by atoms with van der Waals surface area (Å²) in [6.45, 7) is 2.76. The third-order valence-corrected chi connectivity index (χ3v) is 5.86. The van der Waals surface area contributed by atoms with Gasteiger partial charge in [-0.1, -0.05) is 67.3 Å². The maximum Gasteiger partial charge on any atom is 0.262 e. The van der Waals surface area contributed by atoms with Crippen molar-refractivity contribution >= 4 is 34.8 Å². The van der Waals surface area contributed by atoms with Gasteiger partial charge >= 0.3 is 0 Å². The van der Waals surface area contributed by atoms with Crippen molar-refractivity contribution in [2.45, 2.75) is 51.6 Å². The van der Waals surface area contributed by atoms with E-state index in [2.05, 4.69) is 41.0 Å². The van der Waals surface area contributed by atoms with Gasteiger partial charge in [0, 0.05) is 23.8 Å². The van der Waals surface area contributed by atoms with Crippen LogP contribution in [0.25, 0.3) is 10.8 Å². The zero-order valence-electron chi connectivity index (χ0n) is 18.0. The summed E-state index contributed by atoms with van der Waals surface area (Å²) in [5, 5.41) is 8.99. The van der Waals surface area contributed by atoms with Crippen LogP contribution >= 0.6 is 12.4 Å². The topological polar surface area (TPSA) is 50.4 Å². The first-order chi connectivity index (χ1) is 14.7. The Morgan fingerprint density at radius 3 is 2.48 bits per heavy atom. The molecule has 1 amide bonds. The van der Waals surface area contributed by atoms with E-state index >= 15 is 0 Å². The van der Waals surface area contributed by atoms with E-state index in [0.29, 0.717) is 6.04 Å². The molecule has 0 heterocycles. The maximum absolute atomic E-state index is 12.4. The van der Waals surface area contributed by atoms with Gasteiger partial charge in [-0.3, -0.25) is 4.79 Å². The Hall–Kier alpha value is -2.56. The second-order valence-electron chi connectivity index (χ2n) is 8.18. The highest BCUT2D eigenvalue weighted by molar-refractivity contribution is 5.92. The lowest BCUT2D eigenvalue weighted by Gasteiger charge is -2.24. The fraction of sp³-hybridized carbons (Fsp3) is 0.346. The molecule has 3 aromatic carbocycles. The van der Waals surface area contributed by atoms with Crippen LogP contribution in [0, 0.1) is 6.92 Å². The molecule has 31 heavy (non-hydrogen) atoms. The molecule has 4 nitrogen and oxygen atoms in total. The summed E-state index contributed by atoms with van der Waals surface area (Å²) < 4.78 is 5.99. The first-order valence-electron chi connectivity index (χ1n) is 10.9. The maximum atomic E-state index is 12.4. The number of fused-ring (bicyclic) bond motifs is 1. The fourth-order valence-electron chi connectivity index (χ4n) is 4.16. The van der Waals surface area contributed by atoms with Crippen LogP contribution in [0.15, 0.2) is 60.7 Å². The van der Waals surface area contributed by atoms with Crippen molar-refractivity contribution in [2.24, 2.45) is 0 Å². The highest BCUT2D eigenvalue weighted by atomic mass is 35.5. The van der Waals surface area contributed by atoms with Crippen molar-refractivity contribution in [3.8, 4) is 5.75 Å². The van der Waals surface area contributed by atoms with Crippen LogP contribution in [0.2, 0.25) is 0 Å². The van der Waals surface area contributed by atoms with Gasteiger partial charge in [0.2, 0.25) is 0 Å². The molecule has 0 saturated heterocycles. The van der Waals surface area contributed by atoms with E-state index in [1.807, 2.05) is 37.3 Å². The van der Waals surface area contributed by atoms with E-state index in [1.165, 1.54) is 42.9 Å². The van der Waals surface area contributed by atoms with E-state index in [9.17, 15) is 4.79 Å². The smallest absolute Gasteiger partial charge is 0.262 e. The van der Waals surface area contributed by atoms with Gasteiger partial charge in [-0.2, -0.15) is 0 Å². The van der Waals surface area contributed by atoms with Crippen molar-refractivity contribution < 1.29 is 9.53 Å². The molecule has 0 bridgehead atoms. The summed E-state index contributed by atoms with van der Waals surface area (Å²) in [6, 6.07) is 20.7. The molecule has 0 atom stereocenters. The molecule has 0 unspecified atom stereocenters. The molecule has 164 valence electrons. The molecular weight excluding hydrogens is 408 g/mol. The molecule has 4 rings (SSSR count). The number of halogens is 1. The molecule has 0 aromatic heterocycles. The third-order valence-electron chi connectivity index (χ3n) is 5.86. The number of benzene rings is 3. The van der Waals surface area contributed by atoms with Gasteiger partial charge < -0.3 is 15.4 Å². The number of anilines is 1. The zero-order valence-corrected chi connectivity index (χ0v) is 18.8. The molecule has 3 aromatic rings. The van der Waals surface area contributed by atoms with E-state index in [0.717, 1.165) is 29.1 Å². The molecule has 1 aliphatic rings. The molecule has 1 saturated carbocycles. The lowest BCUT2D eigenvalue weighted by Crippen LogP contribution is -2.30. The fourth-order valence-corrected chi connectivity index (χ4v) is 4.16. The quantitative estimate of drug-likeness (QED) is 0.475. The zero-order chi connectivity index (χ0) is 20.8. The van der Waals surface area contributed by atoms with Crippen molar-refractivity contribution in [1.82, 2.24) is 5.32 Å². The van der Waals surface area contributed by atoms with Crippen LogP contribution in [0.1, 0.15) is 43.2 Å². The predicted octanol–water partition coefficient (Wildman–Crippen LogP) is 6.01. The van der Waals surface area contributed by atoms with E-state index in [-0.39, 0.29) is 24.9 Å². The van der Waals surface area contributed by atoms with Crippen molar-refractivity contribution in [3.63, 3.8) is 0 Å². The van der Waals surface area contributed by atoms with Crippen LogP contribution in [-0.4, -0.2) is 18.6 Å². The van der Waals surface area contributed by atoms with Crippen molar-refractivity contribution in [1.29, 1.82) is 0 Å². The van der Waals surface area contributed by atoms with E-state index < -0.39 is 0 Å². The lowest BCUT2D eigenvalue weighted by molar-refractivity contribution is -0.118. The Kier molecular flexibility index (Phi) is 8.33. The summed E-state index contributed by atoms with van der Waals surface area (Å²) in [6.07, 6.45) is 6.42. The van der Waals surface area contributed by atoms with Crippen molar-refractivity contribution in [3.05, 3.63) is 71.8 Å². The van der Waals surface area contributed by atoms with Gasteiger partial charge in [0.15, 0.2) is 6.61 Å². The number of carbonyl (C=O) groups excluding carboxylic acids is 1. The molecule has 1 fully saturated rings. The van der Waals surface area contributed by atoms with E-state index in [4.69, 9.17) is 4.74 Å². The second kappa shape index (κ2) is 11.2. The average molecular weight is 439 g/mol. The lowest BCUT2D eigenvalue weighted by atomic mass is 9.95. The van der Waals surface area contributed by atoms with Gasteiger partial charge in [0.25, 0.3) is 5.91 Å². The standard InChI is InChI=1S/C26H30N2O2.ClH/c1-19-11-14-22(15-12-19)28-26(29)18-30-25-16-13-20-7-5-6-10-23(20)24(25)17-27-21-8-3-2-4-9-21;/h5-7,10-16,21,27H,2-4,8-9,17-18H2,1H3,(H,28,29);1H. The van der Waals surface area contributed by atoms with Crippen LogP contribution in [0.5, 0.6) is 5.75 Å². The Morgan fingerprint density at radius 2 is 1.71 bits per heavy atom. The minimum atomic E-state index is -0.154. The number of nitrogens with one attached hydrogen (secondary N) is 2. The minimum Gasteiger partial charge on any atom is -0.483 e. The molecule has 0 aliphatic heterocycles. The monoisotopic (exact) mass is 438 g/mol. The van der Waals surface area contributed by atoms with Gasteiger partial charge in [0.1, 0.15) is 5.75 Å². The normalized spacial score (nSPS) is 14.1. The highest BCUT2D eigenvalue weighted by Crippen LogP contribution is 2.29. The van der Waals surface area contributed by atoms with Crippen LogP contribution < -0.4 is 15.4 Å². The minimum absolute atomic E-state index is 0.